The van der Waals surface area contributed by atoms with Gasteiger partial charge < -0.3 is 5.73 Å². The summed E-state index contributed by atoms with van der Waals surface area (Å²) >= 11 is 0. The van der Waals surface area contributed by atoms with E-state index in [1.807, 2.05) is 0 Å². The van der Waals surface area contributed by atoms with E-state index in [2.05, 4.69) is 13.8 Å². The minimum atomic E-state index is 0. The maximum Gasteiger partial charge on any atom is 0.00992 e. The Labute approximate surface area is 69.8 Å². The third kappa shape index (κ3) is 2.14. The molecule has 0 aromatic carbocycles. The maximum atomic E-state index is 5.74. The minimum absolute atomic E-state index is 0. The van der Waals surface area contributed by atoms with Gasteiger partial charge in [0.25, 0.3) is 0 Å². The summed E-state index contributed by atoms with van der Waals surface area (Å²) in [7, 11) is 0. The topological polar surface area (TPSA) is 26.0 Å². The van der Waals surface area contributed by atoms with Crippen LogP contribution in [0, 0.1) is 5.41 Å². The second-order valence-electron chi connectivity index (χ2n) is 3.57. The SMILES string of the molecule is CCCCC1(C)CC1N.Cl. The Bertz CT molecular complexity index is 105. The highest BCUT2D eigenvalue weighted by atomic mass is 35.5. The predicted octanol–water partition coefficient (Wildman–Crippen LogP) is 2.34. The standard InChI is InChI=1S/C8H17N.ClH/c1-3-4-5-8(2)6-7(8)9;/h7H,3-6,9H2,1-2H3;1H. The predicted molar refractivity (Wildman–Crippen MR) is 47.5 cm³/mol. The summed E-state index contributed by atoms with van der Waals surface area (Å²) in [5, 5.41) is 0. The fourth-order valence-corrected chi connectivity index (χ4v) is 1.31. The van der Waals surface area contributed by atoms with Crippen molar-refractivity contribution in [2.45, 2.75) is 45.6 Å². The van der Waals surface area contributed by atoms with Crippen molar-refractivity contribution in [1.29, 1.82) is 0 Å². The zero-order valence-corrected chi connectivity index (χ0v) is 7.71. The summed E-state index contributed by atoms with van der Waals surface area (Å²) in [5.74, 6) is 0. The van der Waals surface area contributed by atoms with Crippen LogP contribution in [0.3, 0.4) is 0 Å². The highest BCUT2D eigenvalue weighted by Gasteiger charge is 2.46. The molecule has 2 heteroatoms. The molecule has 0 bridgehead atoms. The molecule has 0 aliphatic heterocycles. The van der Waals surface area contributed by atoms with Gasteiger partial charge in [-0.25, -0.2) is 0 Å². The van der Waals surface area contributed by atoms with Gasteiger partial charge >= 0.3 is 0 Å². The second kappa shape index (κ2) is 3.59. The zero-order chi connectivity index (χ0) is 6.91. The summed E-state index contributed by atoms with van der Waals surface area (Å²) in [4.78, 5) is 0. The molecule has 1 saturated carbocycles. The quantitative estimate of drug-likeness (QED) is 0.679. The summed E-state index contributed by atoms with van der Waals surface area (Å²) in [6, 6.07) is 0.518. The first-order valence-corrected chi connectivity index (χ1v) is 3.94. The summed E-state index contributed by atoms with van der Waals surface area (Å²) in [5.41, 5.74) is 6.28. The van der Waals surface area contributed by atoms with Crippen LogP contribution in [0.25, 0.3) is 0 Å². The van der Waals surface area contributed by atoms with Gasteiger partial charge in [-0.1, -0.05) is 26.7 Å². The van der Waals surface area contributed by atoms with Gasteiger partial charge in [-0.2, -0.15) is 0 Å². The Kier molecular flexibility index (Phi) is 3.68. The lowest BCUT2D eigenvalue weighted by Crippen LogP contribution is -2.09. The Hall–Kier alpha value is 0.250. The van der Waals surface area contributed by atoms with Gasteiger partial charge in [0.15, 0.2) is 0 Å². The van der Waals surface area contributed by atoms with Crippen molar-refractivity contribution in [3.63, 3.8) is 0 Å². The average Bonchev–Trinajstić information content (AvgIpc) is 2.38. The van der Waals surface area contributed by atoms with Crippen LogP contribution >= 0.6 is 12.4 Å². The number of unbranched alkanes of at least 4 members (excludes halogenated alkanes) is 1. The molecule has 0 heterocycles. The fourth-order valence-electron chi connectivity index (χ4n) is 1.31. The zero-order valence-electron chi connectivity index (χ0n) is 6.89. The van der Waals surface area contributed by atoms with Crippen molar-refractivity contribution in [3.05, 3.63) is 0 Å². The third-order valence-electron chi connectivity index (χ3n) is 2.52. The molecule has 0 aromatic heterocycles. The molecule has 2 atom stereocenters. The molecule has 1 nitrogen and oxygen atoms in total. The normalized spacial score (nSPS) is 36.9. The van der Waals surface area contributed by atoms with Crippen molar-refractivity contribution in [1.82, 2.24) is 0 Å². The number of hydrogen-bond acceptors (Lipinski definition) is 1. The second-order valence-corrected chi connectivity index (χ2v) is 3.57. The minimum Gasteiger partial charge on any atom is -0.327 e. The largest absolute Gasteiger partial charge is 0.327 e. The van der Waals surface area contributed by atoms with E-state index in [-0.39, 0.29) is 12.4 Å². The first-order valence-electron chi connectivity index (χ1n) is 3.94. The van der Waals surface area contributed by atoms with Crippen molar-refractivity contribution in [2.75, 3.05) is 0 Å². The first kappa shape index (κ1) is 10.2. The smallest absolute Gasteiger partial charge is 0.00992 e. The lowest BCUT2D eigenvalue weighted by molar-refractivity contribution is 0.472. The molecule has 62 valence electrons. The molecule has 1 aliphatic carbocycles. The van der Waals surface area contributed by atoms with Crippen LogP contribution in [-0.4, -0.2) is 6.04 Å². The lowest BCUT2D eigenvalue weighted by atomic mass is 10.0. The number of hydrogen-bond donors (Lipinski definition) is 1. The fraction of sp³-hybridized carbons (Fsp3) is 1.00. The third-order valence-corrected chi connectivity index (χ3v) is 2.52. The molecule has 2 unspecified atom stereocenters. The number of halogens is 1. The molecule has 1 rings (SSSR count). The van der Waals surface area contributed by atoms with Crippen LogP contribution < -0.4 is 5.73 Å². The molecule has 0 spiro atoms. The molecule has 0 amide bonds. The van der Waals surface area contributed by atoms with Crippen LogP contribution in [0.1, 0.15) is 39.5 Å². The Morgan fingerprint density at radius 3 is 2.40 bits per heavy atom. The maximum absolute atomic E-state index is 5.74. The number of nitrogens with two attached hydrogens (primary N) is 1. The van der Waals surface area contributed by atoms with Crippen LogP contribution in [0.2, 0.25) is 0 Å². The van der Waals surface area contributed by atoms with Crippen LogP contribution in [0.4, 0.5) is 0 Å². The number of rotatable bonds is 3. The van der Waals surface area contributed by atoms with E-state index in [0.29, 0.717) is 11.5 Å². The van der Waals surface area contributed by atoms with Crippen LogP contribution in [0.15, 0.2) is 0 Å². The van der Waals surface area contributed by atoms with Crippen molar-refractivity contribution >= 4 is 12.4 Å². The molecular weight excluding hydrogens is 146 g/mol. The van der Waals surface area contributed by atoms with Gasteiger partial charge in [0.1, 0.15) is 0 Å². The highest BCUT2D eigenvalue weighted by molar-refractivity contribution is 5.85. The summed E-state index contributed by atoms with van der Waals surface area (Å²) < 4.78 is 0. The van der Waals surface area contributed by atoms with E-state index in [4.69, 9.17) is 5.73 Å². The molecule has 2 N–H and O–H groups in total. The Morgan fingerprint density at radius 1 is 1.60 bits per heavy atom. The van der Waals surface area contributed by atoms with Gasteiger partial charge in [-0.3, -0.25) is 0 Å². The van der Waals surface area contributed by atoms with Gasteiger partial charge in [-0.15, -0.1) is 12.4 Å². The highest BCUT2D eigenvalue weighted by Crippen LogP contribution is 2.47. The lowest BCUT2D eigenvalue weighted by Gasteiger charge is -2.06. The molecule has 0 saturated heterocycles. The molecule has 1 fully saturated rings. The van der Waals surface area contributed by atoms with Gasteiger partial charge in [0, 0.05) is 6.04 Å². The van der Waals surface area contributed by atoms with Crippen molar-refractivity contribution in [2.24, 2.45) is 11.1 Å². The van der Waals surface area contributed by atoms with E-state index in [1.165, 1.54) is 25.7 Å². The first-order chi connectivity index (χ1) is 4.19. The van der Waals surface area contributed by atoms with E-state index in [1.54, 1.807) is 0 Å². The summed E-state index contributed by atoms with van der Waals surface area (Å²) in [6.45, 7) is 4.53. The van der Waals surface area contributed by atoms with Gasteiger partial charge in [0.05, 0.1) is 0 Å². The van der Waals surface area contributed by atoms with Gasteiger partial charge in [0.2, 0.25) is 0 Å². The van der Waals surface area contributed by atoms with Crippen LogP contribution in [0.5, 0.6) is 0 Å². The molecule has 0 aromatic rings. The van der Waals surface area contributed by atoms with Crippen molar-refractivity contribution in [3.8, 4) is 0 Å². The summed E-state index contributed by atoms with van der Waals surface area (Å²) in [6.07, 6.45) is 5.25. The van der Waals surface area contributed by atoms with Crippen molar-refractivity contribution < 1.29 is 0 Å². The van der Waals surface area contributed by atoms with E-state index in [0.717, 1.165) is 0 Å². The molecule has 1 aliphatic rings. The molecule has 10 heavy (non-hydrogen) atoms. The van der Waals surface area contributed by atoms with E-state index in [9.17, 15) is 0 Å². The molecule has 0 radical (unpaired) electrons. The van der Waals surface area contributed by atoms with Gasteiger partial charge in [-0.05, 0) is 18.3 Å². The van der Waals surface area contributed by atoms with E-state index >= 15 is 0 Å². The van der Waals surface area contributed by atoms with Crippen LogP contribution in [-0.2, 0) is 0 Å². The monoisotopic (exact) mass is 163 g/mol. The average molecular weight is 164 g/mol. The molecular formula is C8H18ClN. The Balaban J connectivity index is 0.000000810. The Morgan fingerprint density at radius 2 is 2.10 bits per heavy atom. The van der Waals surface area contributed by atoms with E-state index < -0.39 is 0 Å².